The van der Waals surface area contributed by atoms with Gasteiger partial charge in [-0.3, -0.25) is 4.79 Å². The molecule has 140 valence electrons. The van der Waals surface area contributed by atoms with E-state index >= 15 is 0 Å². The van der Waals surface area contributed by atoms with Crippen LogP contribution < -0.4 is 5.32 Å². The van der Waals surface area contributed by atoms with Crippen LogP contribution in [-0.4, -0.2) is 42.8 Å². The summed E-state index contributed by atoms with van der Waals surface area (Å²) in [5.41, 5.74) is 2.08. The van der Waals surface area contributed by atoms with Crippen LogP contribution in [0.15, 0.2) is 28.8 Å². The van der Waals surface area contributed by atoms with Crippen molar-refractivity contribution in [1.29, 1.82) is 0 Å². The minimum absolute atomic E-state index is 0.0637. The predicted octanol–water partition coefficient (Wildman–Crippen LogP) is 1.66. The molecule has 27 heavy (non-hydrogen) atoms. The highest BCUT2D eigenvalue weighted by Gasteiger charge is 2.28. The van der Waals surface area contributed by atoms with Crippen LogP contribution in [0.3, 0.4) is 0 Å². The van der Waals surface area contributed by atoms with Crippen molar-refractivity contribution >= 4 is 5.91 Å². The molecule has 1 aliphatic heterocycles. The van der Waals surface area contributed by atoms with Crippen LogP contribution in [0, 0.1) is 6.92 Å². The van der Waals surface area contributed by atoms with Crippen molar-refractivity contribution in [1.82, 2.24) is 35.7 Å². The second-order valence-electron chi connectivity index (χ2n) is 6.73. The first-order chi connectivity index (χ1) is 13.2. The molecule has 1 atom stereocenters. The predicted molar refractivity (Wildman–Crippen MR) is 95.6 cm³/mol. The second kappa shape index (κ2) is 7.65. The number of hydrogen-bond donors (Lipinski definition) is 1. The maximum Gasteiger partial charge on any atom is 0.230 e. The van der Waals surface area contributed by atoms with Gasteiger partial charge >= 0.3 is 0 Å². The molecule has 0 fully saturated rings. The van der Waals surface area contributed by atoms with Gasteiger partial charge in [-0.1, -0.05) is 41.4 Å². The normalized spacial score (nSPS) is 16.6. The quantitative estimate of drug-likeness (QED) is 0.730. The van der Waals surface area contributed by atoms with Gasteiger partial charge in [0.2, 0.25) is 17.6 Å². The van der Waals surface area contributed by atoms with Crippen molar-refractivity contribution in [2.24, 2.45) is 0 Å². The van der Waals surface area contributed by atoms with Crippen molar-refractivity contribution in [3.63, 3.8) is 0 Å². The third-order valence-corrected chi connectivity index (χ3v) is 4.72. The van der Waals surface area contributed by atoms with Crippen LogP contribution in [0.25, 0.3) is 11.4 Å². The largest absolute Gasteiger partial charge is 0.355 e. The fraction of sp³-hybridized carbons (Fsp3) is 0.444. The number of aromatic nitrogens is 6. The number of nitrogens with one attached hydrogen (secondary N) is 1. The summed E-state index contributed by atoms with van der Waals surface area (Å²) in [6.07, 6.45) is 3.17. The lowest BCUT2D eigenvalue weighted by Crippen LogP contribution is -2.32. The first-order valence-electron chi connectivity index (χ1n) is 9.14. The van der Waals surface area contributed by atoms with E-state index in [1.54, 1.807) is 4.68 Å². The van der Waals surface area contributed by atoms with Gasteiger partial charge in [-0.15, -0.1) is 5.10 Å². The van der Waals surface area contributed by atoms with Crippen LogP contribution in [0.2, 0.25) is 0 Å². The number of carbonyl (C=O) groups excluding carboxylic acids is 1. The molecule has 0 saturated carbocycles. The maximum atomic E-state index is 12.6. The van der Waals surface area contributed by atoms with Gasteiger partial charge in [0.1, 0.15) is 0 Å². The average molecular weight is 367 g/mol. The Kier molecular flexibility index (Phi) is 4.91. The van der Waals surface area contributed by atoms with E-state index in [9.17, 15) is 4.79 Å². The summed E-state index contributed by atoms with van der Waals surface area (Å²) in [5, 5.41) is 18.6. The van der Waals surface area contributed by atoms with Gasteiger partial charge in [0.25, 0.3) is 0 Å². The lowest BCUT2D eigenvalue weighted by molar-refractivity contribution is -0.122. The Balaban J connectivity index is 1.34. The summed E-state index contributed by atoms with van der Waals surface area (Å²) in [6, 6.07) is 7.93. The molecule has 2 aromatic heterocycles. The van der Waals surface area contributed by atoms with E-state index < -0.39 is 0 Å². The monoisotopic (exact) mass is 367 g/mol. The topological polar surface area (TPSA) is 112 Å². The number of benzene rings is 1. The van der Waals surface area contributed by atoms with Gasteiger partial charge in [-0.05, 0) is 30.2 Å². The zero-order chi connectivity index (χ0) is 18.6. The van der Waals surface area contributed by atoms with Crippen molar-refractivity contribution in [3.05, 3.63) is 41.5 Å². The number of tetrazole rings is 1. The van der Waals surface area contributed by atoms with E-state index in [1.807, 2.05) is 31.2 Å². The summed E-state index contributed by atoms with van der Waals surface area (Å²) in [7, 11) is 0. The second-order valence-corrected chi connectivity index (χ2v) is 6.73. The summed E-state index contributed by atoms with van der Waals surface area (Å²) in [5.74, 6) is 1.32. The van der Waals surface area contributed by atoms with Gasteiger partial charge in [-0.25, -0.2) is 4.68 Å². The van der Waals surface area contributed by atoms with E-state index in [4.69, 9.17) is 4.52 Å². The Hall–Kier alpha value is -3.10. The molecule has 9 heteroatoms. The molecule has 0 bridgehead atoms. The minimum atomic E-state index is -0.312. The van der Waals surface area contributed by atoms with E-state index in [-0.39, 0.29) is 11.8 Å². The molecule has 0 radical (unpaired) electrons. The average Bonchev–Trinajstić information content (AvgIpc) is 3.28. The Labute approximate surface area is 156 Å². The Bertz CT molecular complexity index is 916. The number of fused-ring (bicyclic) bond motifs is 1. The molecule has 1 aliphatic rings. The molecular weight excluding hydrogens is 346 g/mol. The molecule has 0 saturated heterocycles. The maximum absolute atomic E-state index is 12.6. The Morgan fingerprint density at radius 3 is 3.00 bits per heavy atom. The fourth-order valence-electron chi connectivity index (χ4n) is 3.20. The van der Waals surface area contributed by atoms with Crippen LogP contribution in [-0.2, 0) is 17.8 Å². The molecule has 4 rings (SSSR count). The van der Waals surface area contributed by atoms with Crippen LogP contribution in [0.5, 0.6) is 0 Å². The first kappa shape index (κ1) is 17.3. The lowest BCUT2D eigenvalue weighted by Gasteiger charge is -2.12. The van der Waals surface area contributed by atoms with Crippen molar-refractivity contribution in [2.45, 2.75) is 45.1 Å². The molecule has 1 aromatic carbocycles. The fourth-order valence-corrected chi connectivity index (χ4v) is 3.20. The summed E-state index contributed by atoms with van der Waals surface area (Å²) in [6.45, 7) is 3.21. The van der Waals surface area contributed by atoms with Crippen molar-refractivity contribution in [3.8, 4) is 11.4 Å². The zero-order valence-corrected chi connectivity index (χ0v) is 15.1. The van der Waals surface area contributed by atoms with Gasteiger partial charge in [0, 0.05) is 25.1 Å². The third-order valence-electron chi connectivity index (χ3n) is 4.72. The molecule has 1 N–H and O–H groups in total. The molecule has 1 unspecified atom stereocenters. The Morgan fingerprint density at radius 1 is 1.30 bits per heavy atom. The van der Waals surface area contributed by atoms with Crippen LogP contribution >= 0.6 is 0 Å². The highest BCUT2D eigenvalue weighted by atomic mass is 16.5. The minimum Gasteiger partial charge on any atom is -0.355 e. The number of carbonyl (C=O) groups is 1. The van der Waals surface area contributed by atoms with Gasteiger partial charge in [0.15, 0.2) is 5.82 Å². The zero-order valence-electron chi connectivity index (χ0n) is 15.1. The van der Waals surface area contributed by atoms with Gasteiger partial charge in [-0.2, -0.15) is 4.98 Å². The van der Waals surface area contributed by atoms with E-state index in [0.717, 1.165) is 31.4 Å². The summed E-state index contributed by atoms with van der Waals surface area (Å²) < 4.78 is 7.02. The lowest BCUT2D eigenvalue weighted by atomic mass is 10.0. The summed E-state index contributed by atoms with van der Waals surface area (Å²) >= 11 is 0. The Morgan fingerprint density at radius 2 is 2.15 bits per heavy atom. The van der Waals surface area contributed by atoms with E-state index in [1.165, 1.54) is 5.56 Å². The molecule has 0 aliphatic carbocycles. The van der Waals surface area contributed by atoms with Crippen molar-refractivity contribution < 1.29 is 9.32 Å². The molecule has 9 nitrogen and oxygen atoms in total. The van der Waals surface area contributed by atoms with Gasteiger partial charge < -0.3 is 9.84 Å². The number of rotatable bonds is 5. The van der Waals surface area contributed by atoms with Crippen LogP contribution in [0.4, 0.5) is 0 Å². The third kappa shape index (κ3) is 3.86. The number of nitrogens with zero attached hydrogens (tertiary/aromatic N) is 6. The van der Waals surface area contributed by atoms with Crippen molar-refractivity contribution in [2.75, 3.05) is 6.54 Å². The molecule has 1 amide bonds. The highest BCUT2D eigenvalue weighted by molar-refractivity contribution is 5.82. The van der Waals surface area contributed by atoms with Crippen LogP contribution in [0.1, 0.15) is 42.5 Å². The SMILES string of the molecule is Cc1ccc(-c2noc(CCNC(=O)C3CCCCn4nnnc43)n2)cc1. The molecule has 3 aromatic rings. The first-order valence-corrected chi connectivity index (χ1v) is 9.14. The highest BCUT2D eigenvalue weighted by Crippen LogP contribution is 2.24. The molecule has 0 spiro atoms. The van der Waals surface area contributed by atoms with E-state index in [0.29, 0.717) is 30.5 Å². The van der Waals surface area contributed by atoms with Gasteiger partial charge in [0.05, 0.1) is 5.92 Å². The smallest absolute Gasteiger partial charge is 0.230 e. The number of hydrogen-bond acceptors (Lipinski definition) is 7. The molecule has 3 heterocycles. The van der Waals surface area contributed by atoms with E-state index in [2.05, 4.69) is 31.0 Å². The number of aryl methyl sites for hydroxylation is 2. The molecular formula is C18H21N7O2. The number of amides is 1. The standard InChI is InChI=1S/C18H21N7O2/c1-12-5-7-13(8-6-12)16-20-15(27-22-16)9-10-19-18(26)14-4-2-3-11-25-17(14)21-23-24-25/h5-8,14H,2-4,9-11H2,1H3,(H,19,26). The summed E-state index contributed by atoms with van der Waals surface area (Å²) in [4.78, 5) is 17.0.